The lowest BCUT2D eigenvalue weighted by Crippen LogP contribution is -2.64. The minimum absolute atomic E-state index is 0.0377. The van der Waals surface area contributed by atoms with Crippen molar-refractivity contribution in [3.8, 4) is 0 Å². The lowest BCUT2D eigenvalue weighted by atomic mass is 9.79. The fourth-order valence-corrected chi connectivity index (χ4v) is 5.21. The Balaban J connectivity index is 1.48. The summed E-state index contributed by atoms with van der Waals surface area (Å²) in [5.74, 6) is 0.608. The number of aryl methyl sites for hydroxylation is 1. The Morgan fingerprint density at radius 3 is 2.87 bits per heavy atom. The van der Waals surface area contributed by atoms with Gasteiger partial charge in [0.05, 0.1) is 11.4 Å². The highest BCUT2D eigenvalue weighted by Crippen LogP contribution is 2.42. The molecule has 0 aliphatic carbocycles. The Morgan fingerprint density at radius 1 is 1.43 bits per heavy atom. The molecule has 130 valence electrons. The molecule has 1 aromatic heterocycles. The van der Waals surface area contributed by atoms with E-state index in [1.54, 1.807) is 6.92 Å². The van der Waals surface area contributed by atoms with Crippen LogP contribution < -0.4 is 4.72 Å². The second-order valence-corrected chi connectivity index (χ2v) is 10.1. The zero-order chi connectivity index (χ0) is 16.5. The number of nitrogens with zero attached hydrogens (tertiary/aromatic N) is 1. The monoisotopic (exact) mass is 358 g/mol. The highest BCUT2D eigenvalue weighted by atomic mass is 32.2. The first-order chi connectivity index (χ1) is 10.9. The van der Waals surface area contributed by atoms with Gasteiger partial charge in [0, 0.05) is 42.5 Å². The molecule has 1 spiro atoms. The number of likely N-dealkylation sites (tertiary alicyclic amines) is 1. The third-order valence-corrected chi connectivity index (χ3v) is 7.34. The molecular weight excluding hydrogens is 332 g/mol. The fraction of sp³-hybridized carbons (Fsp3) is 0.750. The molecular formula is C16H26N2O3S2. The molecule has 2 aliphatic heterocycles. The summed E-state index contributed by atoms with van der Waals surface area (Å²) < 4.78 is 31.8. The van der Waals surface area contributed by atoms with E-state index in [2.05, 4.69) is 28.7 Å². The van der Waals surface area contributed by atoms with Crippen molar-refractivity contribution < 1.29 is 13.2 Å². The molecule has 0 aromatic carbocycles. The smallest absolute Gasteiger partial charge is 0.211 e. The zero-order valence-electron chi connectivity index (χ0n) is 13.9. The molecule has 5 nitrogen and oxygen atoms in total. The lowest BCUT2D eigenvalue weighted by molar-refractivity contribution is -0.136. The third kappa shape index (κ3) is 3.96. The molecule has 0 bridgehead atoms. The van der Waals surface area contributed by atoms with Crippen LogP contribution >= 0.6 is 11.3 Å². The Kier molecular flexibility index (Phi) is 5.13. The number of thiophene rings is 1. The van der Waals surface area contributed by atoms with E-state index in [4.69, 9.17) is 4.74 Å². The van der Waals surface area contributed by atoms with Crippen LogP contribution in [0.3, 0.4) is 0 Å². The molecule has 0 radical (unpaired) electrons. The van der Waals surface area contributed by atoms with E-state index in [-0.39, 0.29) is 11.4 Å². The van der Waals surface area contributed by atoms with E-state index in [1.165, 1.54) is 9.75 Å². The van der Waals surface area contributed by atoms with Gasteiger partial charge in [-0.1, -0.05) is 0 Å². The van der Waals surface area contributed by atoms with Crippen molar-refractivity contribution in [1.29, 1.82) is 0 Å². The number of nitrogens with one attached hydrogen (secondary N) is 1. The molecule has 0 saturated carbocycles. The van der Waals surface area contributed by atoms with Crippen LogP contribution in [0.5, 0.6) is 0 Å². The van der Waals surface area contributed by atoms with Gasteiger partial charge in [-0.3, -0.25) is 4.90 Å². The Hall–Kier alpha value is -0.470. The van der Waals surface area contributed by atoms with Crippen LogP contribution in [-0.4, -0.2) is 50.9 Å². The number of hydrogen-bond donors (Lipinski definition) is 1. The van der Waals surface area contributed by atoms with Crippen molar-refractivity contribution in [3.05, 3.63) is 21.9 Å². The van der Waals surface area contributed by atoms with Crippen LogP contribution in [-0.2, 0) is 21.3 Å². The molecule has 3 rings (SSSR count). The quantitative estimate of drug-likeness (QED) is 0.810. The maximum atomic E-state index is 11.5. The number of hydrogen-bond acceptors (Lipinski definition) is 5. The largest absolute Gasteiger partial charge is 0.372 e. The number of ether oxygens (including phenoxy) is 1. The van der Waals surface area contributed by atoms with Crippen molar-refractivity contribution in [2.75, 3.05) is 32.0 Å². The molecule has 1 N–H and O–H groups in total. The molecule has 1 aromatic rings. The van der Waals surface area contributed by atoms with E-state index >= 15 is 0 Å². The predicted molar refractivity (Wildman–Crippen MR) is 93.2 cm³/mol. The van der Waals surface area contributed by atoms with Gasteiger partial charge in [-0.2, -0.15) is 0 Å². The summed E-state index contributed by atoms with van der Waals surface area (Å²) in [6.07, 6.45) is 1.91. The van der Waals surface area contributed by atoms with E-state index < -0.39 is 10.0 Å². The molecule has 0 unspecified atom stereocenters. The number of sulfonamides is 1. The van der Waals surface area contributed by atoms with Crippen molar-refractivity contribution >= 4 is 21.4 Å². The molecule has 2 saturated heterocycles. The highest BCUT2D eigenvalue weighted by Gasteiger charge is 2.52. The summed E-state index contributed by atoms with van der Waals surface area (Å²) >= 11 is 1.86. The second kappa shape index (κ2) is 6.80. The Morgan fingerprint density at radius 2 is 2.22 bits per heavy atom. The minimum Gasteiger partial charge on any atom is -0.372 e. The van der Waals surface area contributed by atoms with Gasteiger partial charge in [0.2, 0.25) is 10.0 Å². The topological polar surface area (TPSA) is 58.6 Å². The summed E-state index contributed by atoms with van der Waals surface area (Å²) in [7, 11) is -3.09. The maximum Gasteiger partial charge on any atom is 0.211 e. The minimum atomic E-state index is -3.09. The van der Waals surface area contributed by atoms with Gasteiger partial charge in [-0.05, 0) is 44.7 Å². The van der Waals surface area contributed by atoms with Crippen LogP contribution in [0.2, 0.25) is 0 Å². The van der Waals surface area contributed by atoms with Crippen molar-refractivity contribution in [2.45, 2.75) is 38.8 Å². The molecule has 7 heteroatoms. The van der Waals surface area contributed by atoms with Gasteiger partial charge >= 0.3 is 0 Å². The van der Waals surface area contributed by atoms with Crippen LogP contribution in [0.25, 0.3) is 0 Å². The van der Waals surface area contributed by atoms with E-state index in [0.717, 1.165) is 39.1 Å². The summed E-state index contributed by atoms with van der Waals surface area (Å²) in [6, 6.07) is 4.38. The fourth-order valence-electron chi connectivity index (χ4n) is 3.65. The van der Waals surface area contributed by atoms with Gasteiger partial charge in [0.15, 0.2) is 0 Å². The highest BCUT2D eigenvalue weighted by molar-refractivity contribution is 7.89. The maximum absolute atomic E-state index is 11.5. The van der Waals surface area contributed by atoms with Crippen LogP contribution in [0.1, 0.15) is 29.5 Å². The van der Waals surface area contributed by atoms with Gasteiger partial charge in [0.25, 0.3) is 0 Å². The molecule has 2 aliphatic rings. The SMILES string of the molecule is CCS(=O)(=O)NCC[C@@H]1CCOC12CN(Cc1ccc(C)s1)C2. The summed E-state index contributed by atoms with van der Waals surface area (Å²) in [5, 5.41) is 0. The standard InChI is InChI=1S/C16H26N2O3S2/c1-3-23(19,20)17-8-6-14-7-9-21-16(14)11-18(12-16)10-15-5-4-13(2)22-15/h4-5,14,17H,3,6-12H2,1-2H3/t14-/m1/s1. The zero-order valence-corrected chi connectivity index (χ0v) is 15.5. The molecule has 0 amide bonds. The molecule has 1 atom stereocenters. The molecule has 23 heavy (non-hydrogen) atoms. The average molecular weight is 359 g/mol. The molecule has 3 heterocycles. The van der Waals surface area contributed by atoms with E-state index in [9.17, 15) is 8.42 Å². The number of rotatable bonds is 7. The van der Waals surface area contributed by atoms with E-state index in [1.807, 2.05) is 11.3 Å². The van der Waals surface area contributed by atoms with Gasteiger partial charge in [-0.25, -0.2) is 13.1 Å². The first-order valence-corrected chi connectivity index (χ1v) is 10.8. The van der Waals surface area contributed by atoms with Crippen molar-refractivity contribution in [3.63, 3.8) is 0 Å². The first-order valence-electron chi connectivity index (χ1n) is 8.31. The van der Waals surface area contributed by atoms with E-state index in [0.29, 0.717) is 12.5 Å². The third-order valence-electron chi connectivity index (χ3n) is 4.95. The van der Waals surface area contributed by atoms with Gasteiger partial charge < -0.3 is 4.74 Å². The Labute approximate surface area is 143 Å². The van der Waals surface area contributed by atoms with Crippen LogP contribution in [0.15, 0.2) is 12.1 Å². The average Bonchev–Trinajstić information content (AvgIpc) is 3.06. The lowest BCUT2D eigenvalue weighted by Gasteiger charge is -2.50. The summed E-state index contributed by atoms with van der Waals surface area (Å²) in [6.45, 7) is 8.06. The van der Waals surface area contributed by atoms with Crippen molar-refractivity contribution in [1.82, 2.24) is 9.62 Å². The predicted octanol–water partition coefficient (Wildman–Crippen LogP) is 1.98. The summed E-state index contributed by atoms with van der Waals surface area (Å²) in [5.41, 5.74) is -0.0377. The van der Waals surface area contributed by atoms with Crippen LogP contribution in [0, 0.1) is 12.8 Å². The molecule has 2 fully saturated rings. The van der Waals surface area contributed by atoms with Gasteiger partial charge in [0.1, 0.15) is 0 Å². The second-order valence-electron chi connectivity index (χ2n) is 6.64. The first kappa shape index (κ1) is 17.4. The summed E-state index contributed by atoms with van der Waals surface area (Å²) in [4.78, 5) is 5.19. The van der Waals surface area contributed by atoms with Crippen molar-refractivity contribution in [2.24, 2.45) is 5.92 Å². The normalized spacial score (nSPS) is 24.2. The van der Waals surface area contributed by atoms with Crippen LogP contribution in [0.4, 0.5) is 0 Å². The van der Waals surface area contributed by atoms with Gasteiger partial charge in [-0.15, -0.1) is 11.3 Å². The Bertz CT molecular complexity index is 636.